The molecule has 0 spiro atoms. The summed E-state index contributed by atoms with van der Waals surface area (Å²) in [6.07, 6.45) is 3.84. The van der Waals surface area contributed by atoms with Gasteiger partial charge in [-0.1, -0.05) is 6.92 Å². The molecule has 0 bridgehead atoms. The predicted octanol–water partition coefficient (Wildman–Crippen LogP) is 1.86. The molecule has 1 saturated heterocycles. The molecule has 1 aliphatic heterocycles. The zero-order valence-corrected chi connectivity index (χ0v) is 12.7. The Morgan fingerprint density at radius 1 is 1.45 bits per heavy atom. The molecule has 0 unspecified atom stereocenters. The third kappa shape index (κ3) is 3.27. The maximum absolute atomic E-state index is 14.5. The standard InChI is InChI=1S/C15H25FN4/c1-4-20-9-6-13(7-10-20)19(3)15-14(16)12(11-17-2)5-8-18-15/h5,8,13,17H,4,6-7,9-11H2,1-3H3. The molecule has 1 N–H and O–H groups in total. The fraction of sp³-hybridized carbons (Fsp3) is 0.667. The molecular formula is C15H25FN4. The van der Waals surface area contributed by atoms with Gasteiger partial charge in [0.1, 0.15) is 0 Å². The summed E-state index contributed by atoms with van der Waals surface area (Å²) in [7, 11) is 3.78. The third-order valence-corrected chi connectivity index (χ3v) is 4.20. The van der Waals surface area contributed by atoms with Crippen LogP contribution in [0.5, 0.6) is 0 Å². The highest BCUT2D eigenvalue weighted by Crippen LogP contribution is 2.24. The van der Waals surface area contributed by atoms with Crippen molar-refractivity contribution in [1.29, 1.82) is 0 Å². The van der Waals surface area contributed by atoms with Gasteiger partial charge in [-0.2, -0.15) is 0 Å². The van der Waals surface area contributed by atoms with Crippen LogP contribution in [-0.4, -0.2) is 49.7 Å². The lowest BCUT2D eigenvalue weighted by Gasteiger charge is -2.37. The minimum absolute atomic E-state index is 0.192. The Kier molecular flexibility index (Phi) is 5.31. The molecule has 0 radical (unpaired) electrons. The van der Waals surface area contributed by atoms with Crippen LogP contribution < -0.4 is 10.2 Å². The smallest absolute Gasteiger partial charge is 0.170 e. The SMILES string of the molecule is CCN1CCC(N(C)c2nccc(CNC)c2F)CC1. The Labute approximate surface area is 121 Å². The van der Waals surface area contributed by atoms with E-state index >= 15 is 0 Å². The highest BCUT2D eigenvalue weighted by molar-refractivity contribution is 5.43. The maximum Gasteiger partial charge on any atom is 0.170 e. The molecule has 1 fully saturated rings. The molecule has 20 heavy (non-hydrogen) atoms. The van der Waals surface area contributed by atoms with E-state index in [4.69, 9.17) is 0 Å². The molecule has 5 heteroatoms. The zero-order valence-electron chi connectivity index (χ0n) is 12.7. The fourth-order valence-electron chi connectivity index (χ4n) is 2.84. The molecule has 0 amide bonds. The van der Waals surface area contributed by atoms with Gasteiger partial charge in [0, 0.05) is 44.5 Å². The van der Waals surface area contributed by atoms with E-state index in [1.807, 2.05) is 19.0 Å². The number of aromatic nitrogens is 1. The van der Waals surface area contributed by atoms with Crippen LogP contribution in [0.4, 0.5) is 10.2 Å². The highest BCUT2D eigenvalue weighted by Gasteiger charge is 2.24. The summed E-state index contributed by atoms with van der Waals surface area (Å²) in [5.41, 5.74) is 0.676. The van der Waals surface area contributed by atoms with Gasteiger partial charge in [-0.25, -0.2) is 9.37 Å². The summed E-state index contributed by atoms with van der Waals surface area (Å²) < 4.78 is 14.5. The summed E-state index contributed by atoms with van der Waals surface area (Å²) in [5.74, 6) is 0.287. The van der Waals surface area contributed by atoms with Gasteiger partial charge in [0.25, 0.3) is 0 Å². The largest absolute Gasteiger partial charge is 0.354 e. The van der Waals surface area contributed by atoms with Crippen molar-refractivity contribution >= 4 is 5.82 Å². The molecule has 2 rings (SSSR count). The summed E-state index contributed by atoms with van der Waals surface area (Å²) in [6, 6.07) is 2.12. The second-order valence-corrected chi connectivity index (χ2v) is 5.41. The number of nitrogens with zero attached hydrogens (tertiary/aromatic N) is 3. The van der Waals surface area contributed by atoms with Crippen LogP contribution in [0.25, 0.3) is 0 Å². The first-order valence-electron chi connectivity index (χ1n) is 7.40. The van der Waals surface area contributed by atoms with E-state index < -0.39 is 0 Å². The van der Waals surface area contributed by atoms with E-state index in [1.54, 1.807) is 12.3 Å². The minimum atomic E-state index is -0.192. The Morgan fingerprint density at radius 3 is 2.75 bits per heavy atom. The van der Waals surface area contributed by atoms with Crippen molar-refractivity contribution in [2.45, 2.75) is 32.4 Å². The topological polar surface area (TPSA) is 31.4 Å². The monoisotopic (exact) mass is 280 g/mol. The van der Waals surface area contributed by atoms with Crippen molar-refractivity contribution in [2.24, 2.45) is 0 Å². The van der Waals surface area contributed by atoms with Crippen LogP contribution in [0.15, 0.2) is 12.3 Å². The number of hydrogen-bond donors (Lipinski definition) is 1. The lowest BCUT2D eigenvalue weighted by atomic mass is 10.0. The first-order valence-corrected chi connectivity index (χ1v) is 7.40. The number of anilines is 1. The maximum atomic E-state index is 14.5. The molecule has 0 atom stereocenters. The molecule has 0 aliphatic carbocycles. The van der Waals surface area contributed by atoms with E-state index in [0.717, 1.165) is 32.5 Å². The number of hydrogen-bond acceptors (Lipinski definition) is 4. The second-order valence-electron chi connectivity index (χ2n) is 5.41. The molecule has 1 aromatic rings. The van der Waals surface area contributed by atoms with Crippen LogP contribution in [0.2, 0.25) is 0 Å². The van der Waals surface area contributed by atoms with Crippen molar-refractivity contribution in [3.63, 3.8) is 0 Å². The molecule has 4 nitrogen and oxygen atoms in total. The summed E-state index contributed by atoms with van der Waals surface area (Å²) in [4.78, 5) is 8.70. The van der Waals surface area contributed by atoms with Gasteiger partial charge in [0.05, 0.1) is 0 Å². The summed E-state index contributed by atoms with van der Waals surface area (Å²) in [6.45, 7) is 5.99. The van der Waals surface area contributed by atoms with E-state index in [9.17, 15) is 4.39 Å². The van der Waals surface area contributed by atoms with Crippen LogP contribution >= 0.6 is 0 Å². The Hall–Kier alpha value is -1.20. The van der Waals surface area contributed by atoms with Gasteiger partial charge < -0.3 is 15.1 Å². The van der Waals surface area contributed by atoms with Crippen molar-refractivity contribution in [1.82, 2.24) is 15.2 Å². The number of rotatable bonds is 5. The lowest BCUT2D eigenvalue weighted by molar-refractivity contribution is 0.220. The van der Waals surface area contributed by atoms with E-state index in [2.05, 4.69) is 22.1 Å². The Balaban J connectivity index is 2.09. The van der Waals surface area contributed by atoms with Crippen LogP contribution in [0.1, 0.15) is 25.3 Å². The Morgan fingerprint density at radius 2 is 2.15 bits per heavy atom. The van der Waals surface area contributed by atoms with E-state index in [-0.39, 0.29) is 5.82 Å². The molecule has 1 aliphatic rings. The van der Waals surface area contributed by atoms with Gasteiger partial charge in [-0.15, -0.1) is 0 Å². The zero-order chi connectivity index (χ0) is 14.5. The quantitative estimate of drug-likeness (QED) is 0.892. The molecular weight excluding hydrogens is 255 g/mol. The highest BCUT2D eigenvalue weighted by atomic mass is 19.1. The lowest BCUT2D eigenvalue weighted by Crippen LogP contribution is -2.43. The normalized spacial score (nSPS) is 17.4. The first kappa shape index (κ1) is 15.2. The first-order chi connectivity index (χ1) is 9.67. The number of pyridine rings is 1. The van der Waals surface area contributed by atoms with Crippen LogP contribution in [-0.2, 0) is 6.54 Å². The number of nitrogens with one attached hydrogen (secondary N) is 1. The van der Waals surface area contributed by atoms with Crippen LogP contribution in [0.3, 0.4) is 0 Å². The van der Waals surface area contributed by atoms with Crippen molar-refractivity contribution in [3.05, 3.63) is 23.6 Å². The van der Waals surface area contributed by atoms with Gasteiger partial charge >= 0.3 is 0 Å². The van der Waals surface area contributed by atoms with Gasteiger partial charge in [-0.05, 0) is 32.5 Å². The number of piperidine rings is 1. The minimum Gasteiger partial charge on any atom is -0.354 e. The number of halogens is 1. The van der Waals surface area contributed by atoms with E-state index in [0.29, 0.717) is 24.0 Å². The van der Waals surface area contributed by atoms with Crippen molar-refractivity contribution in [3.8, 4) is 0 Å². The second kappa shape index (κ2) is 6.99. The summed E-state index contributed by atoms with van der Waals surface area (Å²) >= 11 is 0. The molecule has 1 aromatic heterocycles. The van der Waals surface area contributed by atoms with Gasteiger partial charge in [0.2, 0.25) is 0 Å². The number of likely N-dealkylation sites (tertiary alicyclic amines) is 1. The summed E-state index contributed by atoms with van der Waals surface area (Å²) in [5, 5.41) is 2.99. The predicted molar refractivity (Wildman–Crippen MR) is 80.5 cm³/mol. The molecule has 2 heterocycles. The van der Waals surface area contributed by atoms with Crippen LogP contribution in [0, 0.1) is 5.82 Å². The van der Waals surface area contributed by atoms with Crippen molar-refractivity contribution in [2.75, 3.05) is 38.6 Å². The van der Waals surface area contributed by atoms with Gasteiger partial charge in [-0.3, -0.25) is 0 Å². The van der Waals surface area contributed by atoms with Gasteiger partial charge in [0.15, 0.2) is 11.6 Å². The average Bonchev–Trinajstić information content (AvgIpc) is 2.49. The average molecular weight is 280 g/mol. The molecule has 112 valence electrons. The Bertz CT molecular complexity index is 430. The molecule has 0 saturated carbocycles. The van der Waals surface area contributed by atoms with Crippen molar-refractivity contribution < 1.29 is 4.39 Å². The fourth-order valence-corrected chi connectivity index (χ4v) is 2.84. The molecule has 0 aromatic carbocycles. The van der Waals surface area contributed by atoms with E-state index in [1.165, 1.54) is 0 Å². The third-order valence-electron chi connectivity index (χ3n) is 4.20.